The molecule has 0 unspecified atom stereocenters. The summed E-state index contributed by atoms with van der Waals surface area (Å²) in [6.07, 6.45) is 2.89. The molecule has 1 heterocycles. The highest BCUT2D eigenvalue weighted by molar-refractivity contribution is 5.94. The minimum atomic E-state index is -1.30. The van der Waals surface area contributed by atoms with E-state index < -0.39 is 95.3 Å². The molecule has 30 heteroatoms. The van der Waals surface area contributed by atoms with E-state index in [1.807, 2.05) is 13.8 Å². The molecule has 1 aromatic heterocycles. The van der Waals surface area contributed by atoms with Crippen LogP contribution in [-0.4, -0.2) is 149 Å². The molecule has 0 bridgehead atoms. The Morgan fingerprint density at radius 3 is 1.43 bits per heavy atom. The van der Waals surface area contributed by atoms with Crippen LogP contribution in [0.5, 0.6) is 23.0 Å². The fraction of sp³-hybridized carbons (Fsp3) is 0.471. The van der Waals surface area contributed by atoms with Crippen LogP contribution in [0.2, 0.25) is 0 Å². The Kier molecular flexibility index (Phi) is 27.4. The average Bonchev–Trinajstić information content (AvgIpc) is 3.45. The first-order chi connectivity index (χ1) is 38.5. The summed E-state index contributed by atoms with van der Waals surface area (Å²) in [7, 11) is 3.74. The average molecular weight is 1140 g/mol. The van der Waals surface area contributed by atoms with Crippen LogP contribution in [0.1, 0.15) is 70.8 Å². The predicted octanol–water partition coefficient (Wildman–Crippen LogP) is -2.06. The van der Waals surface area contributed by atoms with Crippen LogP contribution in [0, 0.1) is 0 Å². The van der Waals surface area contributed by atoms with Crippen LogP contribution in [0.3, 0.4) is 0 Å². The van der Waals surface area contributed by atoms with Gasteiger partial charge in [-0.15, -0.1) is 0 Å². The number of hydrogen-bond acceptors (Lipinski definition) is 18. The van der Waals surface area contributed by atoms with Crippen LogP contribution in [0.25, 0.3) is 22.3 Å². The lowest BCUT2D eigenvalue weighted by Gasteiger charge is -2.22. The van der Waals surface area contributed by atoms with Crippen LogP contribution in [-0.2, 0) is 44.7 Å². The molecule has 4 atom stereocenters. The maximum Gasteiger partial charge on any atom is 0.328 e. The van der Waals surface area contributed by atoms with E-state index in [0.29, 0.717) is 5.75 Å². The number of esters is 2. The number of carbonyl (C=O) groups excluding carboxylic acids is 6. The normalized spacial score (nSPS) is 12.1. The van der Waals surface area contributed by atoms with Gasteiger partial charge in [-0.25, -0.2) is 9.59 Å². The Bertz CT molecular complexity index is 2850. The number of ether oxygens (including phenoxy) is 5. The number of guanidine groups is 4. The number of amides is 4. The number of nitrogens with zero attached hydrogens (tertiary/aromatic N) is 4. The van der Waals surface area contributed by atoms with Crippen LogP contribution in [0.15, 0.2) is 71.2 Å². The van der Waals surface area contributed by atoms with Gasteiger partial charge in [0.1, 0.15) is 52.4 Å². The molecule has 0 fully saturated rings. The largest absolute Gasteiger partial charge is 0.507 e. The summed E-state index contributed by atoms with van der Waals surface area (Å²) in [5.41, 5.74) is 43.7. The van der Waals surface area contributed by atoms with Crippen LogP contribution in [0.4, 0.5) is 0 Å². The number of nitrogens with two attached hydrogens (primary N) is 8. The third kappa shape index (κ3) is 22.4. The zero-order valence-corrected chi connectivity index (χ0v) is 46.0. The van der Waals surface area contributed by atoms with Gasteiger partial charge < -0.3 is 100 Å². The van der Waals surface area contributed by atoms with Crippen molar-refractivity contribution < 1.29 is 62.0 Å². The molecule has 0 spiro atoms. The van der Waals surface area contributed by atoms with Crippen molar-refractivity contribution in [2.45, 2.75) is 95.8 Å². The van der Waals surface area contributed by atoms with Gasteiger partial charge in [0.25, 0.3) is 11.8 Å². The molecule has 30 nitrogen and oxygen atoms in total. The number of allylic oxidation sites excluding steroid dienone is 2. The zero-order valence-electron chi connectivity index (χ0n) is 46.0. The van der Waals surface area contributed by atoms with Crippen molar-refractivity contribution in [2.24, 2.45) is 65.8 Å². The number of methoxy groups -OCH3 is 3. The molecule has 0 aliphatic carbocycles. The number of aliphatic imine (C=N–C) groups is 4. The molecule has 3 rings (SSSR count). The number of carbonyl (C=O) groups is 6. The predicted molar refractivity (Wildman–Crippen MR) is 302 cm³/mol. The van der Waals surface area contributed by atoms with Gasteiger partial charge in [0.2, 0.25) is 23.0 Å². The van der Waals surface area contributed by atoms with Gasteiger partial charge in [-0.3, -0.25) is 43.9 Å². The lowest BCUT2D eigenvalue weighted by molar-refractivity contribution is -0.146. The molecule has 0 saturated heterocycles. The fourth-order valence-electron chi connectivity index (χ4n) is 7.68. The first-order valence-corrected chi connectivity index (χ1v) is 25.5. The number of phenolic OH excluding ortho intramolecular Hbond substituents is 1. The second-order valence-electron chi connectivity index (χ2n) is 18.2. The molecule has 2 aromatic carbocycles. The summed E-state index contributed by atoms with van der Waals surface area (Å²) in [6, 6.07) is 2.49. The zero-order chi connectivity index (χ0) is 60.2. The number of nitrogens with one attached hydrogen (secondary N) is 4. The van der Waals surface area contributed by atoms with E-state index >= 15 is 0 Å². The van der Waals surface area contributed by atoms with E-state index in [4.69, 9.17) is 74.0 Å². The van der Waals surface area contributed by atoms with Crippen molar-refractivity contribution >= 4 is 70.4 Å². The van der Waals surface area contributed by atoms with E-state index in [9.17, 15) is 38.7 Å². The Morgan fingerprint density at radius 1 is 0.617 bits per heavy atom. The number of benzene rings is 2. The number of aromatic hydroxyl groups is 1. The Balaban J connectivity index is 2.07. The van der Waals surface area contributed by atoms with Crippen molar-refractivity contribution in [1.29, 1.82) is 0 Å². The minimum absolute atomic E-state index is 0.00190. The third-order valence-electron chi connectivity index (χ3n) is 11.6. The second kappa shape index (κ2) is 33.7. The molecule has 0 saturated carbocycles. The number of fused-ring (bicyclic) bond motifs is 1. The van der Waals surface area contributed by atoms with Crippen molar-refractivity contribution in [2.75, 3.05) is 60.7 Å². The molecule has 0 aliphatic rings. The molecule has 3 aromatic rings. The summed E-state index contributed by atoms with van der Waals surface area (Å²) in [5.74, 6) is -6.54. The summed E-state index contributed by atoms with van der Waals surface area (Å²) in [4.78, 5) is 111. The topological polar surface area (TPSA) is 505 Å². The van der Waals surface area contributed by atoms with E-state index in [2.05, 4.69) is 41.2 Å². The van der Waals surface area contributed by atoms with Gasteiger partial charge >= 0.3 is 11.9 Å². The molecule has 21 N–H and O–H groups in total. The first-order valence-electron chi connectivity index (χ1n) is 25.5. The van der Waals surface area contributed by atoms with E-state index in [-0.39, 0.29) is 136 Å². The van der Waals surface area contributed by atoms with Crippen LogP contribution >= 0.6 is 0 Å². The molecular formula is C51H76N16O14. The molecule has 4 amide bonds. The van der Waals surface area contributed by atoms with Crippen molar-refractivity contribution in [3.63, 3.8) is 0 Å². The standard InChI is InChI=1S/C51H76N16O14/c1-27(2)14-19-30-36(79-25-37(69)64-31(10-6-20-60-48(52)53)44(72)66-33(46(74)77-4)12-8-22-62-50(56)57)24-35(68)39-40(71)43(41(81-42(30)39)28-15-17-29(76-3)18-16-28)80-26-38(70)65-32(11-7-21-61-49(54)55)45(73)67-34(47(75)78-5)13-9-23-63-51(58)59/h14-18,24,31-34,68H,6-13,19-23,25-26H2,1-5H3,(H,64,69)(H,65,70)(H,66,72)(H,67,73)(H4,52,53,60)(H4,54,55,61)(H4,56,57,62)(H4,58,59,63)/t31-,32-,33-,34-/m0/s1. The van der Waals surface area contributed by atoms with Crippen LogP contribution < -0.4 is 86.8 Å². The summed E-state index contributed by atoms with van der Waals surface area (Å²) < 4.78 is 33.6. The molecule has 444 valence electrons. The van der Waals surface area contributed by atoms with Gasteiger partial charge in [-0.1, -0.05) is 11.6 Å². The highest BCUT2D eigenvalue weighted by atomic mass is 16.5. The van der Waals surface area contributed by atoms with Gasteiger partial charge in [0, 0.05) is 43.4 Å². The summed E-state index contributed by atoms with van der Waals surface area (Å²) in [6.45, 7) is 2.48. The fourth-order valence-corrected chi connectivity index (χ4v) is 7.68. The van der Waals surface area contributed by atoms with Gasteiger partial charge in [0.05, 0.1) is 21.3 Å². The smallest absolute Gasteiger partial charge is 0.328 e. The van der Waals surface area contributed by atoms with E-state index in [1.54, 1.807) is 30.3 Å². The Labute approximate surface area is 466 Å². The van der Waals surface area contributed by atoms with Gasteiger partial charge in [-0.05, 0) is 95.9 Å². The second-order valence-corrected chi connectivity index (χ2v) is 18.2. The lowest BCUT2D eigenvalue weighted by Crippen LogP contribution is -2.52. The van der Waals surface area contributed by atoms with Crippen molar-refractivity contribution in [1.82, 2.24) is 21.3 Å². The molecule has 0 radical (unpaired) electrons. The molecule has 0 aliphatic heterocycles. The quantitative estimate of drug-likeness (QED) is 0.0101. The molecular weight excluding hydrogens is 1060 g/mol. The summed E-state index contributed by atoms with van der Waals surface area (Å²) >= 11 is 0. The van der Waals surface area contributed by atoms with E-state index in [0.717, 1.165) is 25.9 Å². The SMILES string of the molecule is COC(=O)[C@H](CCCN=C(N)N)NC(=O)[C@H](CCCN=C(N)N)NC(=O)COc1cc(O)c2c(=O)c(OCC(=O)N[C@@H](CCCN=C(N)N)C(=O)N[C@@H](CCCN=C(N)N)C(=O)OC)c(-c3ccc(OC)cc3)oc2c1CC=C(C)C. The van der Waals surface area contributed by atoms with Crippen molar-refractivity contribution in [3.05, 3.63) is 57.8 Å². The summed E-state index contributed by atoms with van der Waals surface area (Å²) in [5, 5.41) is 21.6. The maximum atomic E-state index is 14.7. The van der Waals surface area contributed by atoms with Crippen molar-refractivity contribution in [3.8, 4) is 34.3 Å². The first kappa shape index (κ1) is 65.8. The third-order valence-corrected chi connectivity index (χ3v) is 11.6. The van der Waals surface area contributed by atoms with Gasteiger partial charge in [-0.2, -0.15) is 0 Å². The van der Waals surface area contributed by atoms with E-state index in [1.165, 1.54) is 7.11 Å². The highest BCUT2D eigenvalue weighted by Crippen LogP contribution is 2.40. The molecule has 81 heavy (non-hydrogen) atoms. The van der Waals surface area contributed by atoms with Gasteiger partial charge in [0.15, 0.2) is 42.8 Å². The number of rotatable bonds is 34. The Morgan fingerprint density at radius 2 is 1.04 bits per heavy atom. The number of phenols is 1. The lowest BCUT2D eigenvalue weighted by atomic mass is 10.0. The number of hydrogen-bond donors (Lipinski definition) is 13. The highest BCUT2D eigenvalue weighted by Gasteiger charge is 2.31. The Hall–Kier alpha value is -9.51. The minimum Gasteiger partial charge on any atom is -0.507 e. The maximum absolute atomic E-state index is 14.7. The monoisotopic (exact) mass is 1140 g/mol.